The molecule has 198 valence electrons. The van der Waals surface area contributed by atoms with Crippen LogP contribution in [0.2, 0.25) is 0 Å². The van der Waals surface area contributed by atoms with E-state index in [1.807, 2.05) is 43.3 Å². The number of likely N-dealkylation sites (N-methyl/N-ethyl adjacent to an activating group) is 1. The molecule has 0 unspecified atom stereocenters. The van der Waals surface area contributed by atoms with Crippen LogP contribution in [0.15, 0.2) is 71.4 Å². The van der Waals surface area contributed by atoms with Crippen LogP contribution in [-0.2, 0) is 21.1 Å². The molecule has 0 bridgehead atoms. The van der Waals surface area contributed by atoms with Gasteiger partial charge in [0.2, 0.25) is 0 Å². The van der Waals surface area contributed by atoms with E-state index in [0.717, 1.165) is 16.5 Å². The number of hydrogen-bond acceptors (Lipinski definition) is 7. The second-order valence-electron chi connectivity index (χ2n) is 9.36. The predicted octanol–water partition coefficient (Wildman–Crippen LogP) is 5.61. The Morgan fingerprint density at radius 2 is 1.87 bits per heavy atom. The molecule has 0 aliphatic heterocycles. The molecule has 0 aliphatic rings. The van der Waals surface area contributed by atoms with E-state index in [2.05, 4.69) is 19.6 Å². The third-order valence-electron chi connectivity index (χ3n) is 5.73. The number of amides is 1. The van der Waals surface area contributed by atoms with E-state index in [1.165, 1.54) is 24.5 Å². The van der Waals surface area contributed by atoms with Gasteiger partial charge in [-0.2, -0.15) is 4.36 Å². The fourth-order valence-corrected chi connectivity index (χ4v) is 4.70. The quantitative estimate of drug-likeness (QED) is 0.315. The van der Waals surface area contributed by atoms with Gasteiger partial charge in [-0.1, -0.05) is 30.3 Å². The standard InChI is InChI=1S/C28H30FN5O3S/c1-18-13-22(33-38(4,5)36)15-24-26(18)27(31-17-30-24)32-23-12-11-21(29)14-25(23)37-19(2)28(35)34(3)16-20-9-7-6-8-10-20/h6-15,17,19H,16H2,1-5H3,(H,30,31,32)/t19-/m1/s1. The largest absolute Gasteiger partial charge is 0.479 e. The zero-order valence-electron chi connectivity index (χ0n) is 21.9. The maximum atomic E-state index is 14.2. The number of ether oxygens (including phenoxy) is 1. The summed E-state index contributed by atoms with van der Waals surface area (Å²) < 4.78 is 36.6. The van der Waals surface area contributed by atoms with E-state index in [0.29, 0.717) is 29.3 Å². The molecular weight excluding hydrogens is 505 g/mol. The average Bonchev–Trinajstić information content (AvgIpc) is 2.84. The molecule has 0 saturated heterocycles. The van der Waals surface area contributed by atoms with Gasteiger partial charge < -0.3 is 15.0 Å². The third kappa shape index (κ3) is 6.63. The molecular formula is C28H30FN5O3S. The highest BCUT2D eigenvalue weighted by Crippen LogP contribution is 2.34. The number of aryl methyl sites for hydroxylation is 1. The molecule has 1 heterocycles. The summed E-state index contributed by atoms with van der Waals surface area (Å²) in [4.78, 5) is 23.3. The number of fused-ring (bicyclic) bond motifs is 1. The van der Waals surface area contributed by atoms with E-state index >= 15 is 0 Å². The molecule has 38 heavy (non-hydrogen) atoms. The Balaban J connectivity index is 1.60. The molecule has 0 radical (unpaired) electrons. The van der Waals surface area contributed by atoms with Crippen molar-refractivity contribution in [2.45, 2.75) is 26.5 Å². The number of hydrogen-bond donors (Lipinski definition) is 1. The van der Waals surface area contributed by atoms with Crippen molar-refractivity contribution in [1.82, 2.24) is 14.9 Å². The summed E-state index contributed by atoms with van der Waals surface area (Å²) in [5.41, 5.74) is 3.43. The lowest BCUT2D eigenvalue weighted by Crippen LogP contribution is -2.37. The number of aromatic nitrogens is 2. The molecule has 1 N–H and O–H groups in total. The van der Waals surface area contributed by atoms with E-state index in [9.17, 15) is 13.4 Å². The van der Waals surface area contributed by atoms with Gasteiger partial charge >= 0.3 is 0 Å². The molecule has 8 nitrogen and oxygen atoms in total. The fraction of sp³-hybridized carbons (Fsp3) is 0.250. The van der Waals surface area contributed by atoms with Crippen molar-refractivity contribution in [2.75, 3.05) is 24.9 Å². The Labute approximate surface area is 222 Å². The van der Waals surface area contributed by atoms with Gasteiger partial charge in [0.25, 0.3) is 5.91 Å². The molecule has 4 aromatic rings. The van der Waals surface area contributed by atoms with Crippen molar-refractivity contribution in [3.8, 4) is 5.75 Å². The highest BCUT2D eigenvalue weighted by Gasteiger charge is 2.21. The van der Waals surface area contributed by atoms with Crippen molar-refractivity contribution in [3.63, 3.8) is 0 Å². The van der Waals surface area contributed by atoms with Crippen molar-refractivity contribution < 1.29 is 18.1 Å². The molecule has 10 heteroatoms. The summed E-state index contributed by atoms with van der Waals surface area (Å²) in [7, 11) is -0.641. The topological polar surface area (TPSA) is 96.8 Å². The van der Waals surface area contributed by atoms with Crippen molar-refractivity contribution in [1.29, 1.82) is 0 Å². The molecule has 1 atom stereocenters. The first-order valence-electron chi connectivity index (χ1n) is 11.9. The van der Waals surface area contributed by atoms with E-state index in [-0.39, 0.29) is 11.7 Å². The maximum Gasteiger partial charge on any atom is 0.263 e. The van der Waals surface area contributed by atoms with Gasteiger partial charge in [-0.15, -0.1) is 0 Å². The van der Waals surface area contributed by atoms with Crippen LogP contribution in [0.5, 0.6) is 5.75 Å². The SMILES string of the molecule is Cc1cc(N=S(C)(C)=O)cc2ncnc(Nc3ccc(F)cc3O[C@H](C)C(=O)N(C)Cc3ccccc3)c12. The average molecular weight is 536 g/mol. The zero-order chi connectivity index (χ0) is 27.4. The van der Waals surface area contributed by atoms with Crippen molar-refractivity contribution in [3.05, 3.63) is 83.9 Å². The Hall–Kier alpha value is -4.05. The number of nitrogens with zero attached hydrogens (tertiary/aromatic N) is 4. The van der Waals surface area contributed by atoms with Crippen LogP contribution in [0.4, 0.5) is 21.6 Å². The lowest BCUT2D eigenvalue weighted by Gasteiger charge is -2.23. The summed E-state index contributed by atoms with van der Waals surface area (Å²) in [5, 5.41) is 3.94. The normalized spacial score (nSPS) is 12.2. The summed E-state index contributed by atoms with van der Waals surface area (Å²) in [6.07, 6.45) is 3.68. The summed E-state index contributed by atoms with van der Waals surface area (Å²) in [6.45, 7) is 3.94. The van der Waals surface area contributed by atoms with Crippen LogP contribution in [-0.4, -0.2) is 50.6 Å². The van der Waals surface area contributed by atoms with Gasteiger partial charge in [0, 0.05) is 47.3 Å². The first kappa shape index (κ1) is 27.0. The maximum absolute atomic E-state index is 14.2. The molecule has 1 aromatic heterocycles. The number of halogens is 1. The van der Waals surface area contributed by atoms with Crippen LogP contribution < -0.4 is 10.1 Å². The van der Waals surface area contributed by atoms with Crippen molar-refractivity contribution >= 4 is 43.7 Å². The van der Waals surface area contributed by atoms with Gasteiger partial charge in [0.05, 0.1) is 16.9 Å². The van der Waals surface area contributed by atoms with Crippen LogP contribution in [0, 0.1) is 12.7 Å². The van der Waals surface area contributed by atoms with Gasteiger partial charge in [-0.05, 0) is 49.2 Å². The van der Waals surface area contributed by atoms with Crippen molar-refractivity contribution in [2.24, 2.45) is 4.36 Å². The van der Waals surface area contributed by atoms with Crippen LogP contribution >= 0.6 is 0 Å². The van der Waals surface area contributed by atoms with Gasteiger partial charge in [-0.25, -0.2) is 18.6 Å². The van der Waals surface area contributed by atoms with E-state index in [4.69, 9.17) is 4.74 Å². The summed E-state index contributed by atoms with van der Waals surface area (Å²) in [5.74, 6) is -0.0937. The van der Waals surface area contributed by atoms with E-state index in [1.54, 1.807) is 37.4 Å². The summed E-state index contributed by atoms with van der Waals surface area (Å²) >= 11 is 0. The predicted molar refractivity (Wildman–Crippen MR) is 149 cm³/mol. The molecule has 0 spiro atoms. The molecule has 4 rings (SSSR count). The third-order valence-corrected chi connectivity index (χ3v) is 6.38. The number of carbonyl (C=O) groups is 1. The number of anilines is 2. The molecule has 1 amide bonds. The fourth-order valence-electron chi connectivity index (χ4n) is 4.09. The Bertz CT molecular complexity index is 1600. The zero-order valence-corrected chi connectivity index (χ0v) is 22.8. The smallest absolute Gasteiger partial charge is 0.263 e. The highest BCUT2D eigenvalue weighted by atomic mass is 32.2. The Morgan fingerprint density at radius 1 is 1.13 bits per heavy atom. The Kier molecular flexibility index (Phi) is 7.91. The van der Waals surface area contributed by atoms with Gasteiger partial charge in [0.1, 0.15) is 23.7 Å². The minimum absolute atomic E-state index is 0.173. The minimum atomic E-state index is -2.34. The lowest BCUT2D eigenvalue weighted by atomic mass is 10.1. The summed E-state index contributed by atoms with van der Waals surface area (Å²) in [6, 6.07) is 17.3. The first-order chi connectivity index (χ1) is 18.0. The van der Waals surface area contributed by atoms with Crippen LogP contribution in [0.25, 0.3) is 10.9 Å². The second kappa shape index (κ2) is 11.1. The second-order valence-corrected chi connectivity index (χ2v) is 11.9. The van der Waals surface area contributed by atoms with E-state index < -0.39 is 21.7 Å². The monoisotopic (exact) mass is 535 g/mol. The molecule has 0 saturated carbocycles. The van der Waals surface area contributed by atoms with Gasteiger partial charge in [0.15, 0.2) is 6.10 Å². The molecule has 3 aromatic carbocycles. The molecule has 0 aliphatic carbocycles. The number of benzene rings is 3. The number of rotatable bonds is 8. The minimum Gasteiger partial charge on any atom is -0.479 e. The lowest BCUT2D eigenvalue weighted by molar-refractivity contribution is -0.137. The molecule has 0 fully saturated rings. The van der Waals surface area contributed by atoms with Gasteiger partial charge in [-0.3, -0.25) is 4.79 Å². The number of carbonyl (C=O) groups excluding carboxylic acids is 1. The highest BCUT2D eigenvalue weighted by molar-refractivity contribution is 7.92. The van der Waals surface area contributed by atoms with Crippen LogP contribution in [0.3, 0.4) is 0 Å². The first-order valence-corrected chi connectivity index (χ1v) is 14.3. The Morgan fingerprint density at radius 3 is 2.58 bits per heavy atom. The van der Waals surface area contributed by atoms with Crippen LogP contribution in [0.1, 0.15) is 18.1 Å². The number of nitrogens with one attached hydrogen (secondary N) is 1.